The lowest BCUT2D eigenvalue weighted by Crippen LogP contribution is -2.43. The molecule has 0 aliphatic heterocycles. The molecule has 0 spiro atoms. The van der Waals surface area contributed by atoms with Gasteiger partial charge in [0.2, 0.25) is 5.91 Å². The summed E-state index contributed by atoms with van der Waals surface area (Å²) in [4.78, 5) is 12.8. The van der Waals surface area contributed by atoms with Gasteiger partial charge in [-0.3, -0.25) is 4.79 Å². The van der Waals surface area contributed by atoms with Crippen molar-refractivity contribution < 1.29 is 14.6 Å². The number of hydrogen-bond donors (Lipinski definition) is 2. The molecular weight excluding hydrogens is 314 g/mol. The highest BCUT2D eigenvalue weighted by atomic mass is 16.5. The number of aliphatic hydroxyl groups is 1. The normalized spacial score (nSPS) is 17.4. The second-order valence-electron chi connectivity index (χ2n) is 7.09. The molecule has 1 amide bonds. The SMILES string of the molecule is COc1cc(C2(C(=O)NCC(C)(O)c3ccccc3)CC2)ccc1C. The minimum atomic E-state index is -1.10. The first kappa shape index (κ1) is 17.5. The van der Waals surface area contributed by atoms with Crippen molar-refractivity contribution >= 4 is 5.91 Å². The molecule has 0 aromatic heterocycles. The van der Waals surface area contributed by atoms with Gasteiger partial charge < -0.3 is 15.2 Å². The summed E-state index contributed by atoms with van der Waals surface area (Å²) in [5.41, 5.74) is 1.23. The number of rotatable bonds is 6. The molecule has 2 N–H and O–H groups in total. The Kier molecular flexibility index (Phi) is 4.56. The summed E-state index contributed by atoms with van der Waals surface area (Å²) in [7, 11) is 1.64. The third kappa shape index (κ3) is 3.40. The highest BCUT2D eigenvalue weighted by Gasteiger charge is 2.51. The van der Waals surface area contributed by atoms with Crippen LogP contribution in [0.25, 0.3) is 0 Å². The Balaban J connectivity index is 1.73. The predicted octanol–water partition coefficient (Wildman–Crippen LogP) is 3.06. The van der Waals surface area contributed by atoms with E-state index < -0.39 is 11.0 Å². The Morgan fingerprint density at radius 2 is 1.92 bits per heavy atom. The van der Waals surface area contributed by atoms with E-state index in [0.717, 1.165) is 35.3 Å². The molecule has 1 atom stereocenters. The summed E-state index contributed by atoms with van der Waals surface area (Å²) < 4.78 is 5.39. The third-order valence-corrected chi connectivity index (χ3v) is 5.13. The van der Waals surface area contributed by atoms with E-state index >= 15 is 0 Å². The van der Waals surface area contributed by atoms with E-state index in [9.17, 15) is 9.90 Å². The van der Waals surface area contributed by atoms with Gasteiger partial charge in [-0.15, -0.1) is 0 Å². The Bertz CT molecular complexity index is 764. The minimum Gasteiger partial charge on any atom is -0.496 e. The van der Waals surface area contributed by atoms with Crippen molar-refractivity contribution in [2.24, 2.45) is 0 Å². The van der Waals surface area contributed by atoms with Gasteiger partial charge in [0.1, 0.15) is 11.4 Å². The number of carbonyl (C=O) groups is 1. The lowest BCUT2D eigenvalue weighted by atomic mass is 9.92. The van der Waals surface area contributed by atoms with Crippen molar-refractivity contribution in [2.45, 2.75) is 37.7 Å². The van der Waals surface area contributed by atoms with E-state index in [0.29, 0.717) is 0 Å². The standard InChI is InChI=1S/C21H25NO3/c1-15-9-10-17(13-18(15)25-3)21(11-12-21)19(23)22-14-20(2,24)16-7-5-4-6-8-16/h4-10,13,24H,11-12,14H2,1-3H3,(H,22,23). The van der Waals surface area contributed by atoms with Crippen LogP contribution in [0.5, 0.6) is 5.75 Å². The van der Waals surface area contributed by atoms with E-state index in [2.05, 4.69) is 5.32 Å². The number of amides is 1. The highest BCUT2D eigenvalue weighted by Crippen LogP contribution is 2.49. The van der Waals surface area contributed by atoms with Gasteiger partial charge >= 0.3 is 0 Å². The van der Waals surface area contributed by atoms with E-state index in [4.69, 9.17) is 4.74 Å². The summed E-state index contributed by atoms with van der Waals surface area (Å²) in [6, 6.07) is 15.3. The van der Waals surface area contributed by atoms with Gasteiger partial charge in [0, 0.05) is 0 Å². The molecule has 4 heteroatoms. The lowest BCUT2D eigenvalue weighted by Gasteiger charge is -2.26. The number of hydrogen-bond acceptors (Lipinski definition) is 3. The minimum absolute atomic E-state index is 0.0328. The summed E-state index contributed by atoms with van der Waals surface area (Å²) in [5, 5.41) is 13.6. The van der Waals surface area contributed by atoms with E-state index in [-0.39, 0.29) is 12.5 Å². The first-order valence-corrected chi connectivity index (χ1v) is 8.60. The Labute approximate surface area is 148 Å². The fourth-order valence-corrected chi connectivity index (χ4v) is 3.21. The largest absolute Gasteiger partial charge is 0.496 e. The number of nitrogens with one attached hydrogen (secondary N) is 1. The van der Waals surface area contributed by atoms with Crippen LogP contribution in [0.2, 0.25) is 0 Å². The molecule has 1 fully saturated rings. The number of benzene rings is 2. The quantitative estimate of drug-likeness (QED) is 0.850. The summed E-state index contributed by atoms with van der Waals surface area (Å²) in [5.74, 6) is 0.766. The number of ether oxygens (including phenoxy) is 1. The zero-order valence-electron chi connectivity index (χ0n) is 15.0. The van der Waals surface area contributed by atoms with Gasteiger partial charge in [-0.2, -0.15) is 0 Å². The molecule has 0 radical (unpaired) electrons. The van der Waals surface area contributed by atoms with Crippen molar-refractivity contribution in [3.05, 3.63) is 65.2 Å². The number of aryl methyl sites for hydroxylation is 1. The molecule has 0 bridgehead atoms. The van der Waals surface area contributed by atoms with E-state index in [1.165, 1.54) is 0 Å². The number of carbonyl (C=O) groups excluding carboxylic acids is 1. The van der Waals surface area contributed by atoms with Crippen LogP contribution in [0.15, 0.2) is 48.5 Å². The lowest BCUT2D eigenvalue weighted by molar-refractivity contribution is -0.124. The molecule has 0 heterocycles. The molecule has 4 nitrogen and oxygen atoms in total. The molecule has 132 valence electrons. The monoisotopic (exact) mass is 339 g/mol. The molecule has 1 aliphatic carbocycles. The van der Waals surface area contributed by atoms with Crippen LogP contribution in [0, 0.1) is 6.92 Å². The molecule has 25 heavy (non-hydrogen) atoms. The highest BCUT2D eigenvalue weighted by molar-refractivity contribution is 5.91. The molecule has 0 saturated heterocycles. The second kappa shape index (κ2) is 6.52. The first-order valence-electron chi connectivity index (χ1n) is 8.60. The van der Waals surface area contributed by atoms with Crippen LogP contribution in [0.4, 0.5) is 0 Å². The van der Waals surface area contributed by atoms with Crippen molar-refractivity contribution in [2.75, 3.05) is 13.7 Å². The molecule has 2 aromatic rings. The maximum absolute atomic E-state index is 12.8. The van der Waals surface area contributed by atoms with E-state index in [1.54, 1.807) is 14.0 Å². The predicted molar refractivity (Wildman–Crippen MR) is 97.7 cm³/mol. The summed E-state index contributed by atoms with van der Waals surface area (Å²) in [6.45, 7) is 3.89. The Morgan fingerprint density at radius 3 is 2.52 bits per heavy atom. The zero-order chi connectivity index (χ0) is 18.1. The molecular formula is C21H25NO3. The second-order valence-corrected chi connectivity index (χ2v) is 7.09. The van der Waals surface area contributed by atoms with Gasteiger partial charge in [-0.25, -0.2) is 0 Å². The summed E-state index contributed by atoms with van der Waals surface area (Å²) in [6.07, 6.45) is 1.64. The fourth-order valence-electron chi connectivity index (χ4n) is 3.21. The summed E-state index contributed by atoms with van der Waals surface area (Å²) >= 11 is 0. The third-order valence-electron chi connectivity index (χ3n) is 5.13. The van der Waals surface area contributed by atoms with Crippen LogP contribution >= 0.6 is 0 Å². The van der Waals surface area contributed by atoms with Gasteiger partial charge in [0.25, 0.3) is 0 Å². The molecule has 3 rings (SSSR count). The maximum Gasteiger partial charge on any atom is 0.230 e. The Morgan fingerprint density at radius 1 is 1.24 bits per heavy atom. The maximum atomic E-state index is 12.8. The van der Waals surface area contributed by atoms with Crippen LogP contribution in [0.3, 0.4) is 0 Å². The first-order chi connectivity index (χ1) is 11.9. The molecule has 1 unspecified atom stereocenters. The average molecular weight is 339 g/mol. The molecule has 1 saturated carbocycles. The number of methoxy groups -OCH3 is 1. The van der Waals surface area contributed by atoms with Gasteiger partial charge in [-0.05, 0) is 49.4 Å². The van der Waals surface area contributed by atoms with Crippen molar-refractivity contribution in [1.29, 1.82) is 0 Å². The van der Waals surface area contributed by atoms with Gasteiger partial charge in [-0.1, -0.05) is 42.5 Å². The van der Waals surface area contributed by atoms with Crippen LogP contribution in [0.1, 0.15) is 36.5 Å². The molecule has 1 aliphatic rings. The van der Waals surface area contributed by atoms with Crippen LogP contribution < -0.4 is 10.1 Å². The fraction of sp³-hybridized carbons (Fsp3) is 0.381. The zero-order valence-corrected chi connectivity index (χ0v) is 15.0. The van der Waals surface area contributed by atoms with Crippen molar-refractivity contribution in [1.82, 2.24) is 5.32 Å². The Hall–Kier alpha value is -2.33. The van der Waals surface area contributed by atoms with Crippen LogP contribution in [-0.2, 0) is 15.8 Å². The van der Waals surface area contributed by atoms with Crippen molar-refractivity contribution in [3.8, 4) is 5.75 Å². The molecule has 2 aromatic carbocycles. The van der Waals surface area contributed by atoms with Gasteiger partial charge in [0.05, 0.1) is 19.1 Å². The van der Waals surface area contributed by atoms with Crippen LogP contribution in [-0.4, -0.2) is 24.7 Å². The smallest absolute Gasteiger partial charge is 0.230 e. The van der Waals surface area contributed by atoms with Crippen molar-refractivity contribution in [3.63, 3.8) is 0 Å². The average Bonchev–Trinajstić information content (AvgIpc) is 3.43. The van der Waals surface area contributed by atoms with E-state index in [1.807, 2.05) is 55.5 Å². The van der Waals surface area contributed by atoms with Gasteiger partial charge in [0.15, 0.2) is 0 Å². The topological polar surface area (TPSA) is 58.6 Å².